The number of carbonyl (C=O) groups excluding carboxylic acids is 3. The third-order valence-corrected chi connectivity index (χ3v) is 8.47. The van der Waals surface area contributed by atoms with E-state index in [-0.39, 0.29) is 30.2 Å². The summed E-state index contributed by atoms with van der Waals surface area (Å²) >= 11 is 0. The molecule has 1 heterocycles. The maximum absolute atomic E-state index is 14.2. The SMILES string of the molecule is CC(=O)N[C@]1(CC(C)C)CCN(C(CCc2ccccc2)C(=O)N[C@@H](Cc2ccccc2)[C@H](O)CNCc2ccccc2)C1=O. The summed E-state index contributed by atoms with van der Waals surface area (Å²) in [7, 11) is 0. The minimum absolute atomic E-state index is 0.172. The highest BCUT2D eigenvalue weighted by Crippen LogP contribution is 2.32. The van der Waals surface area contributed by atoms with Crippen LogP contribution in [0.4, 0.5) is 0 Å². The number of aryl methyl sites for hydroxylation is 1. The number of amides is 3. The summed E-state index contributed by atoms with van der Waals surface area (Å²) in [5, 5.41) is 20.8. The lowest BCUT2D eigenvalue weighted by molar-refractivity contribution is -0.143. The second-order valence-corrected chi connectivity index (χ2v) is 12.6. The van der Waals surface area contributed by atoms with Crippen LogP contribution in [0.3, 0.4) is 0 Å². The van der Waals surface area contributed by atoms with Crippen molar-refractivity contribution >= 4 is 17.7 Å². The van der Waals surface area contributed by atoms with Gasteiger partial charge in [0.1, 0.15) is 11.6 Å². The van der Waals surface area contributed by atoms with Gasteiger partial charge in [-0.05, 0) is 54.7 Å². The van der Waals surface area contributed by atoms with Gasteiger partial charge >= 0.3 is 0 Å². The Morgan fingerprint density at radius 1 is 0.889 bits per heavy atom. The molecule has 4 atom stereocenters. The van der Waals surface area contributed by atoms with Gasteiger partial charge in [0.05, 0.1) is 12.1 Å². The van der Waals surface area contributed by atoms with Gasteiger partial charge in [0.25, 0.3) is 0 Å². The zero-order valence-electron chi connectivity index (χ0n) is 26.7. The third kappa shape index (κ3) is 9.74. The Labute approximate surface area is 267 Å². The molecule has 0 bridgehead atoms. The van der Waals surface area contributed by atoms with Crippen molar-refractivity contribution in [1.82, 2.24) is 20.9 Å². The molecule has 4 N–H and O–H groups in total. The zero-order chi connectivity index (χ0) is 32.2. The number of nitrogens with zero attached hydrogens (tertiary/aromatic N) is 1. The molecule has 0 radical (unpaired) electrons. The third-order valence-electron chi connectivity index (χ3n) is 8.47. The van der Waals surface area contributed by atoms with Crippen LogP contribution >= 0.6 is 0 Å². The Kier molecular flexibility index (Phi) is 12.3. The molecule has 3 amide bonds. The Morgan fingerprint density at radius 2 is 1.47 bits per heavy atom. The number of benzene rings is 3. The van der Waals surface area contributed by atoms with Crippen molar-refractivity contribution in [2.24, 2.45) is 5.92 Å². The highest BCUT2D eigenvalue weighted by atomic mass is 16.3. The molecule has 45 heavy (non-hydrogen) atoms. The summed E-state index contributed by atoms with van der Waals surface area (Å²) in [6, 6.07) is 28.3. The summed E-state index contributed by atoms with van der Waals surface area (Å²) in [6.07, 6.45) is 1.52. The Bertz CT molecular complexity index is 1370. The highest BCUT2D eigenvalue weighted by molar-refractivity contribution is 5.96. The quantitative estimate of drug-likeness (QED) is 0.195. The zero-order valence-corrected chi connectivity index (χ0v) is 26.7. The van der Waals surface area contributed by atoms with Crippen molar-refractivity contribution < 1.29 is 19.5 Å². The van der Waals surface area contributed by atoms with E-state index in [1.165, 1.54) is 6.92 Å². The largest absolute Gasteiger partial charge is 0.390 e. The Balaban J connectivity index is 1.56. The van der Waals surface area contributed by atoms with Crippen LogP contribution in [-0.2, 0) is 33.8 Å². The van der Waals surface area contributed by atoms with Crippen LogP contribution in [-0.4, -0.2) is 64.5 Å². The second kappa shape index (κ2) is 16.3. The van der Waals surface area contributed by atoms with E-state index in [0.717, 1.165) is 16.7 Å². The molecule has 0 aromatic heterocycles. The van der Waals surface area contributed by atoms with Crippen LogP contribution in [0.15, 0.2) is 91.0 Å². The Hall–Kier alpha value is -4.01. The molecule has 1 unspecified atom stereocenters. The van der Waals surface area contributed by atoms with Gasteiger partial charge in [-0.1, -0.05) is 105 Å². The molecule has 3 aromatic rings. The molecule has 1 aliphatic heterocycles. The van der Waals surface area contributed by atoms with Gasteiger partial charge in [0, 0.05) is 26.6 Å². The topological polar surface area (TPSA) is 111 Å². The lowest BCUT2D eigenvalue weighted by Gasteiger charge is -2.34. The van der Waals surface area contributed by atoms with Crippen LogP contribution < -0.4 is 16.0 Å². The average Bonchev–Trinajstić information content (AvgIpc) is 3.31. The summed E-state index contributed by atoms with van der Waals surface area (Å²) in [5.74, 6) is -0.605. The van der Waals surface area contributed by atoms with Gasteiger partial charge in [0.2, 0.25) is 17.7 Å². The lowest BCUT2D eigenvalue weighted by atomic mass is 9.87. The number of hydrogen-bond donors (Lipinski definition) is 4. The monoisotopic (exact) mass is 612 g/mol. The normalized spacial score (nSPS) is 18.4. The maximum Gasteiger partial charge on any atom is 0.249 e. The fourth-order valence-corrected chi connectivity index (χ4v) is 6.39. The summed E-state index contributed by atoms with van der Waals surface area (Å²) < 4.78 is 0. The molecule has 3 aromatic carbocycles. The van der Waals surface area contributed by atoms with Crippen molar-refractivity contribution in [3.63, 3.8) is 0 Å². The molecule has 0 aliphatic carbocycles. The van der Waals surface area contributed by atoms with Crippen molar-refractivity contribution in [3.05, 3.63) is 108 Å². The fraction of sp³-hybridized carbons (Fsp3) is 0.432. The molecule has 0 saturated carbocycles. The molecular weight excluding hydrogens is 564 g/mol. The number of aliphatic hydroxyl groups excluding tert-OH is 1. The molecular formula is C37H48N4O4. The molecule has 8 heteroatoms. The molecule has 4 rings (SSSR count). The van der Waals surface area contributed by atoms with E-state index in [1.807, 2.05) is 105 Å². The molecule has 1 saturated heterocycles. The highest BCUT2D eigenvalue weighted by Gasteiger charge is 2.50. The number of likely N-dealkylation sites (tertiary alicyclic amines) is 1. The second-order valence-electron chi connectivity index (χ2n) is 12.6. The van der Waals surface area contributed by atoms with Crippen LogP contribution in [0.25, 0.3) is 0 Å². The van der Waals surface area contributed by atoms with E-state index >= 15 is 0 Å². The molecule has 240 valence electrons. The molecule has 1 aliphatic rings. The minimum atomic E-state index is -1.03. The average molecular weight is 613 g/mol. The van der Waals surface area contributed by atoms with E-state index in [1.54, 1.807) is 4.90 Å². The van der Waals surface area contributed by atoms with E-state index < -0.39 is 23.7 Å². The molecule has 8 nitrogen and oxygen atoms in total. The molecule has 1 fully saturated rings. The first-order valence-electron chi connectivity index (χ1n) is 16.1. The number of rotatable bonds is 16. The van der Waals surface area contributed by atoms with Crippen LogP contribution in [0.2, 0.25) is 0 Å². The predicted molar refractivity (Wildman–Crippen MR) is 177 cm³/mol. The van der Waals surface area contributed by atoms with Crippen LogP contribution in [0.1, 0.15) is 56.7 Å². The maximum atomic E-state index is 14.2. The smallest absolute Gasteiger partial charge is 0.249 e. The summed E-state index contributed by atoms with van der Waals surface area (Å²) in [4.78, 5) is 42.2. The van der Waals surface area contributed by atoms with Gasteiger partial charge in [-0.3, -0.25) is 14.4 Å². The standard InChI is InChI=1S/C37H48N4O4/c1-27(2)24-37(40-28(3)42)21-22-41(36(37)45)33(20-19-29-13-7-4-8-14-29)35(44)39-32(23-30-15-9-5-10-16-30)34(43)26-38-25-31-17-11-6-12-18-31/h4-18,27,32-34,38,43H,19-26H2,1-3H3,(H,39,44)(H,40,42)/t32-,33?,34+,37-/m0/s1. The van der Waals surface area contributed by atoms with Crippen LogP contribution in [0, 0.1) is 5.92 Å². The summed E-state index contributed by atoms with van der Waals surface area (Å²) in [5.41, 5.74) is 2.13. The van der Waals surface area contributed by atoms with Gasteiger partial charge < -0.3 is 26.0 Å². The number of hydrogen-bond acceptors (Lipinski definition) is 5. The van der Waals surface area contributed by atoms with Crippen molar-refractivity contribution in [2.45, 2.75) is 83.1 Å². The molecule has 0 spiro atoms. The van der Waals surface area contributed by atoms with E-state index in [2.05, 4.69) is 16.0 Å². The van der Waals surface area contributed by atoms with Gasteiger partial charge in [-0.2, -0.15) is 0 Å². The van der Waals surface area contributed by atoms with Gasteiger partial charge in [-0.25, -0.2) is 0 Å². The first-order chi connectivity index (χ1) is 21.7. The summed E-state index contributed by atoms with van der Waals surface area (Å²) in [6.45, 7) is 6.72. The fourth-order valence-electron chi connectivity index (χ4n) is 6.39. The first kappa shape index (κ1) is 33.9. The van der Waals surface area contributed by atoms with Crippen LogP contribution in [0.5, 0.6) is 0 Å². The lowest BCUT2D eigenvalue weighted by Crippen LogP contribution is -2.59. The minimum Gasteiger partial charge on any atom is -0.390 e. The Morgan fingerprint density at radius 3 is 2.04 bits per heavy atom. The van der Waals surface area contributed by atoms with Gasteiger partial charge in [0.15, 0.2) is 0 Å². The van der Waals surface area contributed by atoms with Crippen molar-refractivity contribution in [2.75, 3.05) is 13.1 Å². The number of nitrogens with one attached hydrogen (secondary N) is 3. The first-order valence-corrected chi connectivity index (χ1v) is 16.1. The van der Waals surface area contributed by atoms with Crippen molar-refractivity contribution in [1.29, 1.82) is 0 Å². The van der Waals surface area contributed by atoms with E-state index in [0.29, 0.717) is 45.2 Å². The van der Waals surface area contributed by atoms with Crippen molar-refractivity contribution in [3.8, 4) is 0 Å². The van der Waals surface area contributed by atoms with E-state index in [9.17, 15) is 19.5 Å². The predicted octanol–water partition coefficient (Wildman–Crippen LogP) is 4.02. The number of aliphatic hydroxyl groups is 1. The van der Waals surface area contributed by atoms with Gasteiger partial charge in [-0.15, -0.1) is 0 Å². The van der Waals surface area contributed by atoms with E-state index in [4.69, 9.17) is 0 Å². The number of carbonyl (C=O) groups is 3.